The molecule has 2 aromatic rings. The number of carbonyl (C=O) groups is 1. The van der Waals surface area contributed by atoms with Gasteiger partial charge < -0.3 is 5.32 Å². The summed E-state index contributed by atoms with van der Waals surface area (Å²) in [5.41, 5.74) is 1.69. The predicted molar refractivity (Wildman–Crippen MR) is 86.3 cm³/mol. The summed E-state index contributed by atoms with van der Waals surface area (Å²) in [5.74, 6) is -1.17. The second kappa shape index (κ2) is 6.47. The van der Waals surface area contributed by atoms with E-state index in [0.29, 0.717) is 11.6 Å². The molecule has 0 unspecified atom stereocenters. The van der Waals surface area contributed by atoms with Crippen LogP contribution < -0.4 is 10.5 Å². The smallest absolute Gasteiger partial charge is 0.255 e. The maximum absolute atomic E-state index is 13.5. The normalized spacial score (nSPS) is 11.5. The van der Waals surface area contributed by atoms with Crippen molar-refractivity contribution >= 4 is 21.6 Å². The molecule has 0 atom stereocenters. The number of benzene rings is 2. The summed E-state index contributed by atoms with van der Waals surface area (Å²) in [4.78, 5) is 11.4. The van der Waals surface area contributed by atoms with Crippen LogP contribution in [0.1, 0.15) is 35.7 Å². The number of halogens is 1. The van der Waals surface area contributed by atoms with E-state index >= 15 is 0 Å². The molecule has 0 aliphatic carbocycles. The van der Waals surface area contributed by atoms with Gasteiger partial charge in [0.2, 0.25) is 10.0 Å². The molecule has 5 nitrogen and oxygen atoms in total. The van der Waals surface area contributed by atoms with Crippen LogP contribution in [-0.2, 0) is 10.0 Å². The summed E-state index contributed by atoms with van der Waals surface area (Å²) in [6, 6.07) is 10.3. The van der Waals surface area contributed by atoms with E-state index in [2.05, 4.69) is 19.2 Å². The Kier molecular flexibility index (Phi) is 4.82. The molecule has 0 aliphatic rings. The second-order valence-corrected chi connectivity index (χ2v) is 6.95. The Bertz CT molecular complexity index is 831. The lowest BCUT2D eigenvalue weighted by Crippen LogP contribution is -2.17. The lowest BCUT2D eigenvalue weighted by molar-refractivity contribution is 0.102. The summed E-state index contributed by atoms with van der Waals surface area (Å²) < 4.78 is 36.1. The highest BCUT2D eigenvalue weighted by Gasteiger charge is 2.17. The van der Waals surface area contributed by atoms with Gasteiger partial charge in [0.1, 0.15) is 10.7 Å². The first-order valence-electron chi connectivity index (χ1n) is 6.92. The Hall–Kier alpha value is -2.25. The van der Waals surface area contributed by atoms with E-state index in [4.69, 9.17) is 5.14 Å². The minimum atomic E-state index is -4.23. The Morgan fingerprint density at radius 2 is 1.74 bits per heavy atom. The van der Waals surface area contributed by atoms with E-state index < -0.39 is 26.6 Å². The number of anilines is 1. The third-order valence-electron chi connectivity index (χ3n) is 3.34. The van der Waals surface area contributed by atoms with Crippen LogP contribution in [0.5, 0.6) is 0 Å². The molecule has 0 saturated heterocycles. The summed E-state index contributed by atoms with van der Waals surface area (Å²) in [6.45, 7) is 4.11. The first-order chi connectivity index (χ1) is 10.7. The number of hydrogen-bond acceptors (Lipinski definition) is 3. The molecule has 0 saturated carbocycles. The van der Waals surface area contributed by atoms with Crippen molar-refractivity contribution in [3.05, 3.63) is 59.4 Å². The highest BCUT2D eigenvalue weighted by Crippen LogP contribution is 2.19. The molecule has 7 heteroatoms. The zero-order valence-corrected chi connectivity index (χ0v) is 13.5. The van der Waals surface area contributed by atoms with Gasteiger partial charge in [-0.15, -0.1) is 0 Å². The van der Waals surface area contributed by atoms with Gasteiger partial charge in [-0.25, -0.2) is 17.9 Å². The van der Waals surface area contributed by atoms with Gasteiger partial charge in [0.05, 0.1) is 0 Å². The molecule has 2 aromatic carbocycles. The Morgan fingerprint density at radius 1 is 1.13 bits per heavy atom. The minimum Gasteiger partial charge on any atom is -0.322 e. The quantitative estimate of drug-likeness (QED) is 0.899. The van der Waals surface area contributed by atoms with Gasteiger partial charge >= 0.3 is 0 Å². The predicted octanol–water partition coefficient (Wildman–Crippen LogP) is 2.85. The fourth-order valence-electron chi connectivity index (χ4n) is 2.02. The maximum atomic E-state index is 13.5. The number of rotatable bonds is 4. The first kappa shape index (κ1) is 17.1. The van der Waals surface area contributed by atoms with E-state index in [1.54, 1.807) is 12.1 Å². The van der Waals surface area contributed by atoms with Gasteiger partial charge in [-0.3, -0.25) is 4.79 Å². The van der Waals surface area contributed by atoms with Crippen LogP contribution in [0.25, 0.3) is 0 Å². The molecule has 0 spiro atoms. The van der Waals surface area contributed by atoms with Crippen LogP contribution in [0.2, 0.25) is 0 Å². The van der Waals surface area contributed by atoms with Gasteiger partial charge in [-0.1, -0.05) is 26.0 Å². The minimum absolute atomic E-state index is 0.00311. The van der Waals surface area contributed by atoms with Crippen LogP contribution in [0.4, 0.5) is 10.1 Å². The van der Waals surface area contributed by atoms with Gasteiger partial charge in [0, 0.05) is 11.3 Å². The molecule has 122 valence electrons. The Morgan fingerprint density at radius 3 is 2.26 bits per heavy atom. The van der Waals surface area contributed by atoms with Crippen LogP contribution >= 0.6 is 0 Å². The van der Waals surface area contributed by atoms with E-state index in [9.17, 15) is 17.6 Å². The third kappa shape index (κ3) is 4.14. The molecule has 0 radical (unpaired) electrons. The number of carbonyl (C=O) groups excluding carboxylic acids is 1. The zero-order chi connectivity index (χ0) is 17.2. The summed E-state index contributed by atoms with van der Waals surface area (Å²) in [7, 11) is -4.23. The van der Waals surface area contributed by atoms with Crippen molar-refractivity contribution in [2.24, 2.45) is 5.14 Å². The van der Waals surface area contributed by atoms with E-state index in [1.807, 2.05) is 12.1 Å². The average Bonchev–Trinajstić information content (AvgIpc) is 2.47. The molecule has 1 amide bonds. The van der Waals surface area contributed by atoms with Crippen molar-refractivity contribution in [2.75, 3.05) is 5.32 Å². The van der Waals surface area contributed by atoms with Crippen molar-refractivity contribution in [2.45, 2.75) is 24.7 Å². The molecule has 23 heavy (non-hydrogen) atoms. The summed E-state index contributed by atoms with van der Waals surface area (Å²) >= 11 is 0. The number of sulfonamides is 1. The topological polar surface area (TPSA) is 89.3 Å². The van der Waals surface area contributed by atoms with Crippen LogP contribution in [0.3, 0.4) is 0 Å². The molecule has 0 bridgehead atoms. The molecular formula is C16H17FN2O3S. The fraction of sp³-hybridized carbons (Fsp3) is 0.188. The number of primary sulfonamides is 1. The highest BCUT2D eigenvalue weighted by atomic mass is 32.2. The van der Waals surface area contributed by atoms with Crippen molar-refractivity contribution in [3.63, 3.8) is 0 Å². The number of nitrogens with two attached hydrogens (primary N) is 1. The van der Waals surface area contributed by atoms with E-state index in [-0.39, 0.29) is 5.56 Å². The SMILES string of the molecule is CC(C)c1ccc(NC(=O)c2ccc(F)c(S(N)(=O)=O)c2)cc1. The highest BCUT2D eigenvalue weighted by molar-refractivity contribution is 7.89. The van der Waals surface area contributed by atoms with Crippen molar-refractivity contribution in [1.82, 2.24) is 0 Å². The maximum Gasteiger partial charge on any atom is 0.255 e. The van der Waals surface area contributed by atoms with Crippen molar-refractivity contribution in [1.29, 1.82) is 0 Å². The average molecular weight is 336 g/mol. The van der Waals surface area contributed by atoms with E-state index in [1.165, 1.54) is 6.07 Å². The number of hydrogen-bond donors (Lipinski definition) is 2. The largest absolute Gasteiger partial charge is 0.322 e. The monoisotopic (exact) mass is 336 g/mol. The van der Waals surface area contributed by atoms with Crippen LogP contribution in [0, 0.1) is 5.82 Å². The second-order valence-electron chi connectivity index (χ2n) is 5.42. The molecule has 0 fully saturated rings. The van der Waals surface area contributed by atoms with Crippen LogP contribution in [-0.4, -0.2) is 14.3 Å². The lowest BCUT2D eigenvalue weighted by Gasteiger charge is -2.09. The summed E-state index contributed by atoms with van der Waals surface area (Å²) in [5, 5.41) is 7.55. The lowest BCUT2D eigenvalue weighted by atomic mass is 10.0. The van der Waals surface area contributed by atoms with Crippen molar-refractivity contribution in [3.8, 4) is 0 Å². The van der Waals surface area contributed by atoms with Gasteiger partial charge in [-0.2, -0.15) is 0 Å². The molecule has 0 heterocycles. The molecule has 0 aromatic heterocycles. The number of amides is 1. The van der Waals surface area contributed by atoms with E-state index in [0.717, 1.165) is 17.7 Å². The Balaban J connectivity index is 2.24. The molecule has 2 rings (SSSR count). The standard InChI is InChI=1S/C16H17FN2O3S/c1-10(2)11-3-6-13(7-4-11)19-16(20)12-5-8-14(17)15(9-12)23(18,21)22/h3-10H,1-2H3,(H,19,20)(H2,18,21,22). The summed E-state index contributed by atoms with van der Waals surface area (Å²) in [6.07, 6.45) is 0. The van der Waals surface area contributed by atoms with Gasteiger partial charge in [0.15, 0.2) is 0 Å². The van der Waals surface area contributed by atoms with Gasteiger partial charge in [-0.05, 0) is 41.8 Å². The number of nitrogens with one attached hydrogen (secondary N) is 1. The van der Waals surface area contributed by atoms with Crippen LogP contribution in [0.15, 0.2) is 47.4 Å². The van der Waals surface area contributed by atoms with Crippen molar-refractivity contribution < 1.29 is 17.6 Å². The fourth-order valence-corrected chi connectivity index (χ4v) is 2.65. The first-order valence-corrected chi connectivity index (χ1v) is 8.47. The third-order valence-corrected chi connectivity index (χ3v) is 4.26. The molecular weight excluding hydrogens is 319 g/mol. The van der Waals surface area contributed by atoms with Gasteiger partial charge in [0.25, 0.3) is 5.91 Å². The zero-order valence-electron chi connectivity index (χ0n) is 12.7. The Labute approximate surface area is 134 Å². The molecule has 0 aliphatic heterocycles. The molecule has 3 N–H and O–H groups in total.